The third-order valence-electron chi connectivity index (χ3n) is 2.59. The fourth-order valence-corrected chi connectivity index (χ4v) is 1.72. The standard InChI is InChI=1S/C14H10N2O2/c15-8-11-6-10(4-5-13(11)14(17)18)9-2-1-3-12(16)7-9/h1-7H,16H2,(H,17,18). The van der Waals surface area contributed by atoms with Crippen molar-refractivity contribution >= 4 is 11.7 Å². The highest BCUT2D eigenvalue weighted by Crippen LogP contribution is 2.24. The Hall–Kier alpha value is -2.80. The lowest BCUT2D eigenvalue weighted by Crippen LogP contribution is -2.00. The Morgan fingerprint density at radius 1 is 1.17 bits per heavy atom. The predicted molar refractivity (Wildman–Crippen MR) is 68.0 cm³/mol. The second kappa shape index (κ2) is 4.60. The molecule has 18 heavy (non-hydrogen) atoms. The van der Waals surface area contributed by atoms with E-state index in [4.69, 9.17) is 16.1 Å². The molecule has 0 saturated heterocycles. The van der Waals surface area contributed by atoms with Gasteiger partial charge in [-0.1, -0.05) is 18.2 Å². The Kier molecular flexibility index (Phi) is 2.98. The minimum Gasteiger partial charge on any atom is -0.478 e. The van der Waals surface area contributed by atoms with E-state index in [2.05, 4.69) is 0 Å². The molecule has 2 rings (SSSR count). The second-order valence-electron chi connectivity index (χ2n) is 3.80. The summed E-state index contributed by atoms with van der Waals surface area (Å²) in [5.74, 6) is -1.11. The largest absolute Gasteiger partial charge is 0.478 e. The molecule has 0 aliphatic carbocycles. The number of carboxylic acid groups (broad SMARTS) is 1. The molecule has 0 bridgehead atoms. The number of benzene rings is 2. The Balaban J connectivity index is 2.55. The van der Waals surface area contributed by atoms with E-state index in [1.165, 1.54) is 6.07 Å². The van der Waals surface area contributed by atoms with Crippen LogP contribution in [0.25, 0.3) is 11.1 Å². The first-order valence-electron chi connectivity index (χ1n) is 5.25. The number of nitriles is 1. The molecular formula is C14H10N2O2. The van der Waals surface area contributed by atoms with Gasteiger partial charge in [0.2, 0.25) is 0 Å². The van der Waals surface area contributed by atoms with Crippen molar-refractivity contribution in [1.82, 2.24) is 0 Å². The average Bonchev–Trinajstić information content (AvgIpc) is 2.37. The second-order valence-corrected chi connectivity index (χ2v) is 3.80. The summed E-state index contributed by atoms with van der Waals surface area (Å²) in [6.07, 6.45) is 0. The molecule has 0 radical (unpaired) electrons. The van der Waals surface area contributed by atoms with Crippen LogP contribution in [0.5, 0.6) is 0 Å². The van der Waals surface area contributed by atoms with Gasteiger partial charge in [-0.2, -0.15) is 5.26 Å². The summed E-state index contributed by atoms with van der Waals surface area (Å²) in [5.41, 5.74) is 8.07. The number of aromatic carboxylic acids is 1. The third-order valence-corrected chi connectivity index (χ3v) is 2.59. The van der Waals surface area contributed by atoms with Crippen LogP contribution in [-0.2, 0) is 0 Å². The maximum absolute atomic E-state index is 10.9. The lowest BCUT2D eigenvalue weighted by Gasteiger charge is -2.05. The smallest absolute Gasteiger partial charge is 0.337 e. The highest BCUT2D eigenvalue weighted by molar-refractivity contribution is 5.91. The monoisotopic (exact) mass is 238 g/mol. The molecule has 0 fully saturated rings. The quantitative estimate of drug-likeness (QED) is 0.787. The van der Waals surface area contributed by atoms with Crippen LogP contribution in [0.1, 0.15) is 15.9 Å². The summed E-state index contributed by atoms with van der Waals surface area (Å²) in [6.45, 7) is 0. The van der Waals surface area contributed by atoms with E-state index in [0.29, 0.717) is 5.69 Å². The molecule has 0 aliphatic rings. The van der Waals surface area contributed by atoms with E-state index in [0.717, 1.165) is 11.1 Å². The van der Waals surface area contributed by atoms with Crippen LogP contribution in [0, 0.1) is 11.3 Å². The number of rotatable bonds is 2. The average molecular weight is 238 g/mol. The van der Waals surface area contributed by atoms with E-state index in [-0.39, 0.29) is 11.1 Å². The molecule has 4 nitrogen and oxygen atoms in total. The SMILES string of the molecule is N#Cc1cc(-c2cccc(N)c2)ccc1C(=O)O. The lowest BCUT2D eigenvalue weighted by molar-refractivity contribution is 0.0696. The number of nitrogen functional groups attached to an aromatic ring is 1. The first-order chi connectivity index (χ1) is 8.61. The van der Waals surface area contributed by atoms with Crippen molar-refractivity contribution in [2.45, 2.75) is 0 Å². The zero-order chi connectivity index (χ0) is 13.1. The normalized spacial score (nSPS) is 9.72. The first-order valence-corrected chi connectivity index (χ1v) is 5.25. The van der Waals surface area contributed by atoms with E-state index in [1.807, 2.05) is 18.2 Å². The van der Waals surface area contributed by atoms with Crippen molar-refractivity contribution in [2.75, 3.05) is 5.73 Å². The topological polar surface area (TPSA) is 87.1 Å². The van der Waals surface area contributed by atoms with Crippen molar-refractivity contribution in [2.24, 2.45) is 0 Å². The zero-order valence-electron chi connectivity index (χ0n) is 9.42. The summed E-state index contributed by atoms with van der Waals surface area (Å²) < 4.78 is 0. The lowest BCUT2D eigenvalue weighted by atomic mass is 9.99. The Morgan fingerprint density at radius 3 is 2.50 bits per heavy atom. The van der Waals surface area contributed by atoms with Crippen molar-refractivity contribution in [3.05, 3.63) is 53.6 Å². The number of anilines is 1. The molecule has 0 heterocycles. The summed E-state index contributed by atoms with van der Waals surface area (Å²) in [4.78, 5) is 10.9. The van der Waals surface area contributed by atoms with Crippen molar-refractivity contribution in [1.29, 1.82) is 5.26 Å². The van der Waals surface area contributed by atoms with Gasteiger partial charge in [0.1, 0.15) is 6.07 Å². The maximum atomic E-state index is 10.9. The summed E-state index contributed by atoms with van der Waals surface area (Å²) in [5, 5.41) is 17.9. The molecule has 4 heteroatoms. The van der Waals surface area contributed by atoms with E-state index >= 15 is 0 Å². The van der Waals surface area contributed by atoms with Crippen molar-refractivity contribution in [3.63, 3.8) is 0 Å². The molecule has 2 aromatic carbocycles. The Labute approximate surface area is 104 Å². The van der Waals surface area contributed by atoms with Gasteiger partial charge in [0, 0.05) is 5.69 Å². The Bertz CT molecular complexity index is 657. The first kappa shape index (κ1) is 11.7. The number of nitrogens with two attached hydrogens (primary N) is 1. The fraction of sp³-hybridized carbons (Fsp3) is 0. The molecule has 0 spiro atoms. The van der Waals surface area contributed by atoms with Crippen LogP contribution in [0.3, 0.4) is 0 Å². The fourth-order valence-electron chi connectivity index (χ4n) is 1.72. The highest BCUT2D eigenvalue weighted by Gasteiger charge is 2.10. The molecule has 0 amide bonds. The number of hydrogen-bond acceptors (Lipinski definition) is 3. The van der Waals surface area contributed by atoms with E-state index in [1.54, 1.807) is 24.3 Å². The molecule has 0 aliphatic heterocycles. The van der Waals surface area contributed by atoms with Gasteiger partial charge in [0.25, 0.3) is 0 Å². The summed E-state index contributed by atoms with van der Waals surface area (Å²) in [7, 11) is 0. The number of carbonyl (C=O) groups is 1. The summed E-state index contributed by atoms with van der Waals surface area (Å²) >= 11 is 0. The van der Waals surface area contributed by atoms with Gasteiger partial charge in [-0.05, 0) is 35.4 Å². The van der Waals surface area contributed by atoms with Crippen LogP contribution in [0.2, 0.25) is 0 Å². The molecular weight excluding hydrogens is 228 g/mol. The van der Waals surface area contributed by atoms with Gasteiger partial charge in [-0.3, -0.25) is 0 Å². The van der Waals surface area contributed by atoms with Crippen LogP contribution < -0.4 is 5.73 Å². The van der Waals surface area contributed by atoms with Gasteiger partial charge in [-0.25, -0.2) is 4.79 Å². The minimum absolute atomic E-state index is 0.00477. The maximum Gasteiger partial charge on any atom is 0.337 e. The van der Waals surface area contributed by atoms with Crippen LogP contribution >= 0.6 is 0 Å². The van der Waals surface area contributed by atoms with E-state index < -0.39 is 5.97 Å². The molecule has 0 unspecified atom stereocenters. The van der Waals surface area contributed by atoms with Crippen LogP contribution in [0.4, 0.5) is 5.69 Å². The van der Waals surface area contributed by atoms with Gasteiger partial charge in [0.05, 0.1) is 11.1 Å². The molecule has 0 atom stereocenters. The van der Waals surface area contributed by atoms with Gasteiger partial charge in [-0.15, -0.1) is 0 Å². The Morgan fingerprint density at radius 2 is 1.89 bits per heavy atom. The van der Waals surface area contributed by atoms with Gasteiger partial charge < -0.3 is 10.8 Å². The number of carboxylic acids is 1. The van der Waals surface area contributed by atoms with Crippen molar-refractivity contribution < 1.29 is 9.90 Å². The predicted octanol–water partition coefficient (Wildman–Crippen LogP) is 2.51. The third kappa shape index (κ3) is 2.15. The highest BCUT2D eigenvalue weighted by atomic mass is 16.4. The van der Waals surface area contributed by atoms with Crippen LogP contribution in [0.15, 0.2) is 42.5 Å². The summed E-state index contributed by atoms with van der Waals surface area (Å²) in [6, 6.07) is 13.7. The minimum atomic E-state index is -1.11. The number of hydrogen-bond donors (Lipinski definition) is 2. The van der Waals surface area contributed by atoms with E-state index in [9.17, 15) is 4.79 Å². The molecule has 0 aromatic heterocycles. The molecule has 88 valence electrons. The van der Waals surface area contributed by atoms with Gasteiger partial charge in [0.15, 0.2) is 0 Å². The molecule has 3 N–H and O–H groups in total. The molecule has 2 aromatic rings. The van der Waals surface area contributed by atoms with Crippen molar-refractivity contribution in [3.8, 4) is 17.2 Å². The zero-order valence-corrected chi connectivity index (χ0v) is 9.42. The molecule has 0 saturated carbocycles. The number of nitrogens with zero attached hydrogens (tertiary/aromatic N) is 1. The van der Waals surface area contributed by atoms with Gasteiger partial charge >= 0.3 is 5.97 Å². The van der Waals surface area contributed by atoms with Crippen LogP contribution in [-0.4, -0.2) is 11.1 Å².